The van der Waals surface area contributed by atoms with Crippen molar-refractivity contribution < 1.29 is 9.18 Å². The maximum absolute atomic E-state index is 13.8. The molecule has 0 saturated heterocycles. The lowest BCUT2D eigenvalue weighted by atomic mass is 10.2. The number of nitrogens with one attached hydrogen (secondary N) is 1. The number of rotatable bonds is 6. The monoisotopic (exact) mass is 337 g/mol. The largest absolute Gasteiger partial charge is 0.355 e. The van der Waals surface area contributed by atoms with Crippen LogP contribution >= 0.6 is 11.8 Å². The van der Waals surface area contributed by atoms with Gasteiger partial charge in [-0.05, 0) is 25.0 Å². The number of hydrogen-bond donors (Lipinski definition) is 2. The molecule has 2 aromatic rings. The van der Waals surface area contributed by atoms with Crippen LogP contribution in [0.5, 0.6) is 0 Å². The van der Waals surface area contributed by atoms with E-state index in [4.69, 9.17) is 5.84 Å². The molecule has 8 heteroatoms. The summed E-state index contributed by atoms with van der Waals surface area (Å²) in [5.74, 6) is 6.02. The summed E-state index contributed by atoms with van der Waals surface area (Å²) in [6.07, 6.45) is 0. The highest BCUT2D eigenvalue weighted by molar-refractivity contribution is 8.00. The molecule has 0 aliphatic carbocycles. The first kappa shape index (κ1) is 17.3. The number of aromatic nitrogens is 3. The van der Waals surface area contributed by atoms with Crippen LogP contribution < -0.4 is 11.2 Å². The number of halogens is 1. The van der Waals surface area contributed by atoms with Crippen molar-refractivity contribution in [2.75, 3.05) is 12.4 Å². The van der Waals surface area contributed by atoms with Crippen LogP contribution in [0.25, 0.3) is 11.4 Å². The van der Waals surface area contributed by atoms with Gasteiger partial charge in [0.2, 0.25) is 11.1 Å². The number of nitrogens with two attached hydrogens (primary N) is 1. The smallest absolute Gasteiger partial charge is 0.233 e. The highest BCUT2D eigenvalue weighted by Crippen LogP contribution is 2.26. The number of thioether (sulfide) groups is 1. The van der Waals surface area contributed by atoms with Gasteiger partial charge in [-0.25, -0.2) is 9.07 Å². The molecule has 23 heavy (non-hydrogen) atoms. The fraction of sp³-hybridized carbons (Fsp3) is 0.400. The Morgan fingerprint density at radius 3 is 2.70 bits per heavy atom. The first-order valence-electron chi connectivity index (χ1n) is 7.30. The van der Waals surface area contributed by atoms with Crippen molar-refractivity contribution in [3.05, 3.63) is 30.1 Å². The maximum Gasteiger partial charge on any atom is 0.233 e. The van der Waals surface area contributed by atoms with Crippen molar-refractivity contribution in [1.29, 1.82) is 0 Å². The highest BCUT2D eigenvalue weighted by atomic mass is 32.2. The summed E-state index contributed by atoms with van der Waals surface area (Å²) in [6.45, 7) is 6.42. The number of carbonyl (C=O) groups is 1. The summed E-state index contributed by atoms with van der Waals surface area (Å²) in [5.41, 5.74) is 0.270. The van der Waals surface area contributed by atoms with Gasteiger partial charge in [0.05, 0.1) is 10.8 Å². The van der Waals surface area contributed by atoms with E-state index in [1.807, 2.05) is 13.8 Å². The number of nitrogen functional groups attached to an aromatic ring is 1. The normalized spacial score (nSPS) is 12.4. The van der Waals surface area contributed by atoms with Gasteiger partial charge in [-0.1, -0.05) is 37.7 Å². The molecular weight excluding hydrogens is 317 g/mol. The van der Waals surface area contributed by atoms with Gasteiger partial charge in [0.15, 0.2) is 5.82 Å². The summed E-state index contributed by atoms with van der Waals surface area (Å²) in [7, 11) is 0. The molecule has 6 nitrogen and oxygen atoms in total. The van der Waals surface area contributed by atoms with Crippen LogP contribution in [-0.2, 0) is 4.79 Å². The van der Waals surface area contributed by atoms with Crippen molar-refractivity contribution in [1.82, 2.24) is 20.2 Å². The highest BCUT2D eigenvalue weighted by Gasteiger charge is 2.20. The topological polar surface area (TPSA) is 85.8 Å². The van der Waals surface area contributed by atoms with Gasteiger partial charge in [-0.15, -0.1) is 10.2 Å². The zero-order valence-electron chi connectivity index (χ0n) is 13.3. The summed E-state index contributed by atoms with van der Waals surface area (Å²) in [5, 5.41) is 10.7. The minimum atomic E-state index is -0.425. The van der Waals surface area contributed by atoms with Crippen molar-refractivity contribution in [2.45, 2.75) is 31.2 Å². The van der Waals surface area contributed by atoms with Crippen LogP contribution in [-0.4, -0.2) is 32.6 Å². The molecule has 1 atom stereocenters. The van der Waals surface area contributed by atoms with E-state index >= 15 is 0 Å². The summed E-state index contributed by atoms with van der Waals surface area (Å²) in [6, 6.07) is 6.20. The predicted octanol–water partition coefficient (Wildman–Crippen LogP) is 2.05. The van der Waals surface area contributed by atoms with Crippen LogP contribution in [0, 0.1) is 11.7 Å². The molecule has 0 bridgehead atoms. The summed E-state index contributed by atoms with van der Waals surface area (Å²) >= 11 is 1.18. The lowest BCUT2D eigenvalue weighted by Gasteiger charge is -2.12. The second-order valence-electron chi connectivity index (χ2n) is 5.56. The van der Waals surface area contributed by atoms with Crippen LogP contribution in [0.2, 0.25) is 0 Å². The molecule has 0 radical (unpaired) electrons. The Morgan fingerprint density at radius 1 is 1.35 bits per heavy atom. The first-order chi connectivity index (χ1) is 10.9. The van der Waals surface area contributed by atoms with Crippen molar-refractivity contribution in [2.24, 2.45) is 5.92 Å². The molecule has 0 aliphatic heterocycles. The molecule has 3 N–H and O–H groups in total. The van der Waals surface area contributed by atoms with E-state index in [1.165, 1.54) is 22.5 Å². The molecule has 0 spiro atoms. The number of benzene rings is 1. The van der Waals surface area contributed by atoms with Gasteiger partial charge in [0.1, 0.15) is 5.82 Å². The zero-order valence-corrected chi connectivity index (χ0v) is 14.1. The van der Waals surface area contributed by atoms with Gasteiger partial charge in [-0.2, -0.15) is 0 Å². The van der Waals surface area contributed by atoms with E-state index in [-0.39, 0.29) is 22.5 Å². The zero-order chi connectivity index (χ0) is 17.0. The molecule has 1 heterocycles. The van der Waals surface area contributed by atoms with Gasteiger partial charge in [0.25, 0.3) is 0 Å². The first-order valence-corrected chi connectivity index (χ1v) is 8.18. The van der Waals surface area contributed by atoms with Crippen LogP contribution in [0.3, 0.4) is 0 Å². The van der Waals surface area contributed by atoms with Gasteiger partial charge < -0.3 is 11.2 Å². The van der Waals surface area contributed by atoms with Crippen LogP contribution in [0.15, 0.2) is 29.4 Å². The standard InChI is InChI=1S/C15H20FN5OS/c1-9(2)8-18-14(22)10(3)23-15-20-19-13(21(15)17)11-6-4-5-7-12(11)16/h4-7,9-10H,8,17H2,1-3H3,(H,18,22). The van der Waals surface area contributed by atoms with E-state index < -0.39 is 5.82 Å². The molecular formula is C15H20FN5OS. The molecule has 2 rings (SSSR count). The Balaban J connectivity index is 2.11. The Labute approximate surface area is 138 Å². The van der Waals surface area contributed by atoms with Crippen LogP contribution in [0.4, 0.5) is 4.39 Å². The minimum absolute atomic E-state index is 0.0980. The Morgan fingerprint density at radius 2 is 2.04 bits per heavy atom. The molecule has 0 aliphatic rings. The Hall–Kier alpha value is -2.09. The van der Waals surface area contributed by atoms with Gasteiger partial charge in [0, 0.05) is 6.54 Å². The van der Waals surface area contributed by atoms with Crippen molar-refractivity contribution in [3.8, 4) is 11.4 Å². The molecule has 1 aromatic carbocycles. The summed E-state index contributed by atoms with van der Waals surface area (Å²) < 4.78 is 15.0. The number of amides is 1. The SMILES string of the molecule is CC(C)CNC(=O)C(C)Sc1nnc(-c2ccccc2F)n1N. The lowest BCUT2D eigenvalue weighted by molar-refractivity contribution is -0.120. The molecule has 124 valence electrons. The van der Waals surface area contributed by atoms with E-state index in [1.54, 1.807) is 25.1 Å². The molecule has 1 amide bonds. The maximum atomic E-state index is 13.8. The predicted molar refractivity (Wildman–Crippen MR) is 88.7 cm³/mol. The number of hydrogen-bond acceptors (Lipinski definition) is 5. The molecule has 0 fully saturated rings. The molecule has 1 unspecified atom stereocenters. The van der Waals surface area contributed by atoms with Crippen molar-refractivity contribution >= 4 is 17.7 Å². The van der Waals surface area contributed by atoms with Crippen molar-refractivity contribution in [3.63, 3.8) is 0 Å². The fourth-order valence-electron chi connectivity index (χ4n) is 1.84. The minimum Gasteiger partial charge on any atom is -0.355 e. The number of carbonyl (C=O) groups excluding carboxylic acids is 1. The van der Waals surface area contributed by atoms with E-state index in [0.29, 0.717) is 17.6 Å². The van der Waals surface area contributed by atoms with E-state index in [0.717, 1.165) is 0 Å². The quantitative estimate of drug-likeness (QED) is 0.622. The van der Waals surface area contributed by atoms with Gasteiger partial charge >= 0.3 is 0 Å². The van der Waals surface area contributed by atoms with Gasteiger partial charge in [-0.3, -0.25) is 4.79 Å². The third kappa shape index (κ3) is 4.22. The average molecular weight is 337 g/mol. The lowest BCUT2D eigenvalue weighted by Crippen LogP contribution is -2.33. The Bertz CT molecular complexity index is 688. The second-order valence-corrected chi connectivity index (χ2v) is 6.86. The van der Waals surface area contributed by atoms with Crippen LogP contribution in [0.1, 0.15) is 20.8 Å². The Kier molecular flexibility index (Phi) is 5.59. The third-order valence-electron chi connectivity index (χ3n) is 3.12. The number of nitrogens with zero attached hydrogens (tertiary/aromatic N) is 3. The van der Waals surface area contributed by atoms with E-state index in [9.17, 15) is 9.18 Å². The van der Waals surface area contributed by atoms with E-state index in [2.05, 4.69) is 15.5 Å². The fourth-order valence-corrected chi connectivity index (χ4v) is 2.64. The molecule has 0 saturated carbocycles. The second kappa shape index (κ2) is 7.45. The molecule has 1 aromatic heterocycles. The average Bonchev–Trinajstić information content (AvgIpc) is 2.86. The third-order valence-corrected chi connectivity index (χ3v) is 4.17. The summed E-state index contributed by atoms with van der Waals surface area (Å²) in [4.78, 5) is 12.0.